The van der Waals surface area contributed by atoms with Crippen molar-refractivity contribution in [3.8, 4) is 29.4 Å². The summed E-state index contributed by atoms with van der Waals surface area (Å²) in [6.45, 7) is 13.5. The minimum Gasteiger partial charge on any atom is -0.492 e. The van der Waals surface area contributed by atoms with E-state index in [1.54, 1.807) is 0 Å². The highest BCUT2D eigenvalue weighted by atomic mass is 16.5. The molecule has 1 heteroatoms. The third kappa shape index (κ3) is 4.57. The van der Waals surface area contributed by atoms with Crippen molar-refractivity contribution in [1.82, 2.24) is 0 Å². The van der Waals surface area contributed by atoms with Crippen molar-refractivity contribution in [1.29, 1.82) is 0 Å². The molecule has 0 aliphatic carbocycles. The second-order valence-electron chi connectivity index (χ2n) is 7.61. The molecule has 2 rings (SSSR count). The van der Waals surface area contributed by atoms with E-state index >= 15 is 0 Å². The molecule has 1 nitrogen and oxygen atoms in total. The summed E-state index contributed by atoms with van der Waals surface area (Å²) in [5, 5.41) is 0. The minimum atomic E-state index is -0.0153. The van der Waals surface area contributed by atoms with E-state index in [1.807, 2.05) is 0 Å². The molecule has 0 bridgehead atoms. The number of benzene rings is 1. The van der Waals surface area contributed by atoms with Gasteiger partial charge in [-0.15, -0.1) is 0 Å². The Hall–Kier alpha value is -1.86. The van der Waals surface area contributed by atoms with Gasteiger partial charge < -0.3 is 4.74 Å². The van der Waals surface area contributed by atoms with Crippen LogP contribution < -0.4 is 4.74 Å². The summed E-state index contributed by atoms with van der Waals surface area (Å²) >= 11 is 0. The Morgan fingerprint density at radius 1 is 0.905 bits per heavy atom. The van der Waals surface area contributed by atoms with Gasteiger partial charge in [0.2, 0.25) is 0 Å². The number of fused-ring (bicyclic) bond motifs is 1. The molecule has 1 aromatic carbocycles. The van der Waals surface area contributed by atoms with Gasteiger partial charge in [0.25, 0.3) is 0 Å². The third-order valence-corrected chi connectivity index (χ3v) is 2.94. The van der Waals surface area contributed by atoms with Crippen molar-refractivity contribution < 1.29 is 4.74 Å². The van der Waals surface area contributed by atoms with Gasteiger partial charge in [0.05, 0.1) is 12.2 Å². The molecule has 0 amide bonds. The van der Waals surface area contributed by atoms with Gasteiger partial charge in [0, 0.05) is 28.4 Å². The van der Waals surface area contributed by atoms with E-state index in [1.165, 1.54) is 5.56 Å². The van der Waals surface area contributed by atoms with Crippen LogP contribution in [0.5, 0.6) is 5.75 Å². The summed E-state index contributed by atoms with van der Waals surface area (Å²) in [4.78, 5) is 0. The van der Waals surface area contributed by atoms with E-state index in [0.29, 0.717) is 0 Å². The van der Waals surface area contributed by atoms with Gasteiger partial charge in [0.1, 0.15) is 5.75 Å². The van der Waals surface area contributed by atoms with Crippen LogP contribution >= 0.6 is 0 Å². The Labute approximate surface area is 129 Å². The maximum Gasteiger partial charge on any atom is 0.138 e. The summed E-state index contributed by atoms with van der Waals surface area (Å²) in [7, 11) is 0. The molecule has 0 N–H and O–H groups in total. The van der Waals surface area contributed by atoms with Gasteiger partial charge >= 0.3 is 0 Å². The number of hydrogen-bond acceptors (Lipinski definition) is 1. The molecule has 1 aliphatic rings. The molecular weight excluding hydrogens is 256 g/mol. The molecular formula is C20H24O. The van der Waals surface area contributed by atoms with Gasteiger partial charge in [0.15, 0.2) is 0 Å². The molecule has 21 heavy (non-hydrogen) atoms. The lowest BCUT2D eigenvalue weighted by molar-refractivity contribution is 0.356. The molecule has 0 aromatic heterocycles. The second kappa shape index (κ2) is 5.50. The summed E-state index contributed by atoms with van der Waals surface area (Å²) in [6, 6.07) is 4.20. The van der Waals surface area contributed by atoms with Crippen LogP contribution in [-0.2, 0) is 6.42 Å². The van der Waals surface area contributed by atoms with E-state index in [-0.39, 0.29) is 10.8 Å². The maximum absolute atomic E-state index is 5.74. The zero-order chi connectivity index (χ0) is 15.7. The summed E-state index contributed by atoms with van der Waals surface area (Å²) < 4.78 is 5.74. The predicted molar refractivity (Wildman–Crippen MR) is 88.3 cm³/mol. The van der Waals surface area contributed by atoms with Crippen LogP contribution in [0.25, 0.3) is 0 Å². The molecule has 1 aromatic rings. The Morgan fingerprint density at radius 2 is 1.52 bits per heavy atom. The maximum atomic E-state index is 5.74. The van der Waals surface area contributed by atoms with Crippen LogP contribution in [-0.4, -0.2) is 6.61 Å². The Balaban J connectivity index is 2.46. The molecule has 0 spiro atoms. The fourth-order valence-corrected chi connectivity index (χ4v) is 1.99. The van der Waals surface area contributed by atoms with Crippen molar-refractivity contribution in [2.24, 2.45) is 10.8 Å². The zero-order valence-corrected chi connectivity index (χ0v) is 14.0. The van der Waals surface area contributed by atoms with Gasteiger partial charge in [-0.25, -0.2) is 0 Å². The van der Waals surface area contributed by atoms with Crippen LogP contribution in [0.2, 0.25) is 0 Å². The van der Waals surface area contributed by atoms with Gasteiger partial charge in [-0.3, -0.25) is 0 Å². The first kappa shape index (κ1) is 15.5. The van der Waals surface area contributed by atoms with Crippen LogP contribution in [0, 0.1) is 34.5 Å². The number of hydrogen-bond donors (Lipinski definition) is 0. The summed E-state index contributed by atoms with van der Waals surface area (Å²) in [6.07, 6.45) is 0.949. The van der Waals surface area contributed by atoms with Crippen LogP contribution in [0.4, 0.5) is 0 Å². The first-order valence-corrected chi connectivity index (χ1v) is 7.50. The summed E-state index contributed by atoms with van der Waals surface area (Å²) in [5.74, 6) is 14.1. The summed E-state index contributed by atoms with van der Waals surface area (Å²) in [5.41, 5.74) is 3.23. The second-order valence-corrected chi connectivity index (χ2v) is 7.61. The average Bonchev–Trinajstić information content (AvgIpc) is 2.79. The number of rotatable bonds is 0. The van der Waals surface area contributed by atoms with E-state index < -0.39 is 0 Å². The van der Waals surface area contributed by atoms with Gasteiger partial charge in [-0.05, 0) is 53.7 Å². The largest absolute Gasteiger partial charge is 0.492 e. The monoisotopic (exact) mass is 280 g/mol. The lowest BCUT2D eigenvalue weighted by Gasteiger charge is -2.09. The van der Waals surface area contributed by atoms with Crippen molar-refractivity contribution in [3.05, 3.63) is 28.8 Å². The normalized spacial score (nSPS) is 13.4. The van der Waals surface area contributed by atoms with E-state index in [2.05, 4.69) is 77.4 Å². The Kier molecular flexibility index (Phi) is 4.06. The highest BCUT2D eigenvalue weighted by Gasteiger charge is 2.17. The van der Waals surface area contributed by atoms with Gasteiger partial charge in [-0.2, -0.15) is 0 Å². The Bertz CT molecular complexity index is 658. The van der Waals surface area contributed by atoms with Crippen molar-refractivity contribution in [3.63, 3.8) is 0 Å². The minimum absolute atomic E-state index is 0.00671. The average molecular weight is 280 g/mol. The molecule has 110 valence electrons. The van der Waals surface area contributed by atoms with Crippen molar-refractivity contribution in [2.75, 3.05) is 6.61 Å². The highest BCUT2D eigenvalue weighted by molar-refractivity contribution is 5.57. The lowest BCUT2D eigenvalue weighted by atomic mass is 9.95. The molecule has 0 radical (unpaired) electrons. The smallest absolute Gasteiger partial charge is 0.138 e. The zero-order valence-electron chi connectivity index (χ0n) is 14.0. The van der Waals surface area contributed by atoms with Crippen molar-refractivity contribution in [2.45, 2.75) is 48.0 Å². The topological polar surface area (TPSA) is 9.23 Å². The quantitative estimate of drug-likeness (QED) is 0.639. The first-order chi connectivity index (χ1) is 9.64. The molecule has 0 saturated carbocycles. The van der Waals surface area contributed by atoms with Crippen LogP contribution in [0.1, 0.15) is 58.2 Å². The molecule has 0 saturated heterocycles. The fourth-order valence-electron chi connectivity index (χ4n) is 1.99. The molecule has 0 fully saturated rings. The highest BCUT2D eigenvalue weighted by Crippen LogP contribution is 2.31. The lowest BCUT2D eigenvalue weighted by Crippen LogP contribution is -2.00. The molecule has 1 heterocycles. The predicted octanol–water partition coefficient (Wildman–Crippen LogP) is 4.42. The Morgan fingerprint density at radius 3 is 2.14 bits per heavy atom. The number of ether oxygens (including phenoxy) is 1. The fraction of sp³-hybridized carbons (Fsp3) is 0.500. The van der Waals surface area contributed by atoms with E-state index in [4.69, 9.17) is 4.74 Å². The van der Waals surface area contributed by atoms with E-state index in [9.17, 15) is 0 Å². The van der Waals surface area contributed by atoms with Crippen molar-refractivity contribution >= 4 is 0 Å². The first-order valence-electron chi connectivity index (χ1n) is 7.50. The standard InChI is InChI=1S/C20H24O/c1-19(2,3)10-7-15-13-16(8-11-20(4,5)6)18-17(14-15)9-12-21-18/h13-14H,9,12H2,1-6H3. The van der Waals surface area contributed by atoms with E-state index in [0.717, 1.165) is 29.9 Å². The molecule has 0 atom stereocenters. The molecule has 1 aliphatic heterocycles. The van der Waals surface area contributed by atoms with Crippen LogP contribution in [0.15, 0.2) is 12.1 Å². The SMILES string of the molecule is CC(C)(C)C#Cc1cc(C#CC(C)(C)C)c2c(c1)CCO2. The van der Waals surface area contributed by atoms with Crippen LogP contribution in [0.3, 0.4) is 0 Å². The molecule has 0 unspecified atom stereocenters. The van der Waals surface area contributed by atoms with Gasteiger partial charge in [-0.1, -0.05) is 23.7 Å². The third-order valence-electron chi connectivity index (χ3n) is 2.94.